The van der Waals surface area contributed by atoms with E-state index in [2.05, 4.69) is 36.8 Å². The van der Waals surface area contributed by atoms with Gasteiger partial charge in [0.15, 0.2) is 0 Å². The van der Waals surface area contributed by atoms with Gasteiger partial charge in [-0.15, -0.1) is 0 Å². The van der Waals surface area contributed by atoms with Crippen molar-refractivity contribution in [2.75, 3.05) is 0 Å². The molecular weight excluding hydrogens is 284 g/mol. The lowest BCUT2D eigenvalue weighted by Crippen LogP contribution is -1.85. The summed E-state index contributed by atoms with van der Waals surface area (Å²) in [4.78, 5) is 4.36. The molecule has 0 aliphatic carbocycles. The molecule has 0 spiro atoms. The summed E-state index contributed by atoms with van der Waals surface area (Å²) in [5, 5.41) is 0. The Hall–Kier alpha value is -0.350. The van der Waals surface area contributed by atoms with Crippen molar-refractivity contribution in [1.29, 1.82) is 0 Å². The van der Waals surface area contributed by atoms with Crippen LogP contribution in [0.5, 0.6) is 0 Å². The summed E-state index contributed by atoms with van der Waals surface area (Å²) in [6.45, 7) is 1.98. The highest BCUT2D eigenvalue weighted by atomic mass is 79.9. The molecule has 0 amide bonds. The van der Waals surface area contributed by atoms with Gasteiger partial charge in [-0.25, -0.2) is 4.98 Å². The summed E-state index contributed by atoms with van der Waals surface area (Å²) in [6.07, 6.45) is 0. The molecule has 2 rings (SSSR count). The van der Waals surface area contributed by atoms with Crippen LogP contribution in [0.25, 0.3) is 5.65 Å². The van der Waals surface area contributed by atoms with Crippen molar-refractivity contribution in [3.63, 3.8) is 0 Å². The second-order valence-corrected chi connectivity index (χ2v) is 4.09. The van der Waals surface area contributed by atoms with Crippen LogP contribution in [0.1, 0.15) is 5.69 Å². The summed E-state index contributed by atoms with van der Waals surface area (Å²) in [7, 11) is 0. The van der Waals surface area contributed by atoms with E-state index < -0.39 is 0 Å². The highest BCUT2D eigenvalue weighted by Crippen LogP contribution is 2.22. The third-order valence-corrected chi connectivity index (χ3v) is 3.25. The average molecular weight is 290 g/mol. The van der Waals surface area contributed by atoms with Gasteiger partial charge in [-0.05, 0) is 50.9 Å². The van der Waals surface area contributed by atoms with E-state index in [-0.39, 0.29) is 0 Å². The van der Waals surface area contributed by atoms with Gasteiger partial charge in [-0.3, -0.25) is 4.40 Å². The van der Waals surface area contributed by atoms with Gasteiger partial charge in [-0.2, -0.15) is 0 Å². The number of nitrogens with zero attached hydrogens (tertiary/aromatic N) is 2. The second kappa shape index (κ2) is 2.85. The Kier molecular flexibility index (Phi) is 1.96. The van der Waals surface area contributed by atoms with Gasteiger partial charge in [0, 0.05) is 0 Å². The van der Waals surface area contributed by atoms with Gasteiger partial charge in [0.2, 0.25) is 0 Å². The molecule has 0 aromatic carbocycles. The quantitative estimate of drug-likeness (QED) is 0.681. The normalized spacial score (nSPS) is 10.9. The van der Waals surface area contributed by atoms with Crippen LogP contribution in [0.15, 0.2) is 27.4 Å². The lowest BCUT2D eigenvalue weighted by Gasteiger charge is -1.97. The molecule has 0 radical (unpaired) electrons. The van der Waals surface area contributed by atoms with Gasteiger partial charge in [0.05, 0.1) is 10.3 Å². The zero-order valence-corrected chi connectivity index (χ0v) is 9.55. The summed E-state index contributed by atoms with van der Waals surface area (Å²) in [5.41, 5.74) is 1.95. The number of aryl methyl sites for hydroxylation is 1. The maximum atomic E-state index is 4.36. The molecule has 0 aliphatic rings. The van der Waals surface area contributed by atoms with E-state index in [0.29, 0.717) is 0 Å². The van der Waals surface area contributed by atoms with Gasteiger partial charge < -0.3 is 0 Å². The number of halogens is 2. The summed E-state index contributed by atoms with van der Waals surface area (Å²) >= 11 is 6.93. The molecule has 2 nitrogen and oxygen atoms in total. The van der Waals surface area contributed by atoms with Crippen molar-refractivity contribution in [2.24, 2.45) is 0 Å². The summed E-state index contributed by atoms with van der Waals surface area (Å²) < 4.78 is 4.02. The molecule has 0 fully saturated rings. The molecule has 2 aromatic rings. The van der Waals surface area contributed by atoms with Crippen molar-refractivity contribution >= 4 is 37.5 Å². The number of fused-ring (bicyclic) bond motifs is 1. The molecule has 0 aliphatic heterocycles. The lowest BCUT2D eigenvalue weighted by atomic mass is 10.5. The largest absolute Gasteiger partial charge is 0.280 e. The first-order chi connectivity index (χ1) is 5.70. The topological polar surface area (TPSA) is 17.3 Å². The number of rotatable bonds is 0. The van der Waals surface area contributed by atoms with E-state index in [1.165, 1.54) is 0 Å². The predicted molar refractivity (Wildman–Crippen MR) is 55.3 cm³/mol. The SMILES string of the molecule is Cc1nc2cccc(Br)n2c1Br. The minimum Gasteiger partial charge on any atom is -0.280 e. The van der Waals surface area contributed by atoms with Crippen molar-refractivity contribution in [2.45, 2.75) is 6.92 Å². The number of imidazole rings is 1. The van der Waals surface area contributed by atoms with E-state index in [0.717, 1.165) is 20.5 Å². The van der Waals surface area contributed by atoms with Gasteiger partial charge in [-0.1, -0.05) is 6.07 Å². The van der Waals surface area contributed by atoms with Crippen molar-refractivity contribution in [3.8, 4) is 0 Å². The predicted octanol–water partition coefficient (Wildman–Crippen LogP) is 3.17. The van der Waals surface area contributed by atoms with Gasteiger partial charge in [0.1, 0.15) is 10.3 Å². The monoisotopic (exact) mass is 288 g/mol. The first kappa shape index (κ1) is 8.26. The Balaban J connectivity index is 2.97. The first-order valence-electron chi connectivity index (χ1n) is 3.49. The van der Waals surface area contributed by atoms with E-state index in [1.807, 2.05) is 29.5 Å². The second-order valence-electron chi connectivity index (χ2n) is 2.53. The van der Waals surface area contributed by atoms with Crippen LogP contribution in [-0.2, 0) is 0 Å². The Morgan fingerprint density at radius 1 is 1.33 bits per heavy atom. The standard InChI is InChI=1S/C8H6Br2N2/c1-5-8(10)12-6(9)3-2-4-7(12)11-5/h2-4H,1H3. The zero-order valence-electron chi connectivity index (χ0n) is 6.38. The van der Waals surface area contributed by atoms with Gasteiger partial charge >= 0.3 is 0 Å². The maximum absolute atomic E-state index is 4.36. The fraction of sp³-hybridized carbons (Fsp3) is 0.125. The van der Waals surface area contributed by atoms with Crippen LogP contribution in [0.3, 0.4) is 0 Å². The van der Waals surface area contributed by atoms with E-state index in [9.17, 15) is 0 Å². The van der Waals surface area contributed by atoms with E-state index >= 15 is 0 Å². The average Bonchev–Trinajstić information content (AvgIpc) is 2.29. The van der Waals surface area contributed by atoms with Crippen molar-refractivity contribution < 1.29 is 0 Å². The van der Waals surface area contributed by atoms with E-state index in [1.54, 1.807) is 0 Å². The number of pyridine rings is 1. The van der Waals surface area contributed by atoms with Crippen LogP contribution < -0.4 is 0 Å². The third-order valence-electron chi connectivity index (χ3n) is 1.70. The Morgan fingerprint density at radius 3 is 2.75 bits per heavy atom. The molecule has 0 saturated carbocycles. The molecule has 2 heterocycles. The molecular formula is C8H6Br2N2. The van der Waals surface area contributed by atoms with Crippen LogP contribution in [-0.4, -0.2) is 9.38 Å². The molecule has 0 saturated heterocycles. The fourth-order valence-electron chi connectivity index (χ4n) is 1.13. The zero-order chi connectivity index (χ0) is 8.72. The number of hydrogen-bond donors (Lipinski definition) is 0. The molecule has 2 aromatic heterocycles. The number of hydrogen-bond acceptors (Lipinski definition) is 1. The van der Waals surface area contributed by atoms with Crippen LogP contribution in [0.4, 0.5) is 0 Å². The minimum absolute atomic E-state index is 0.953. The maximum Gasteiger partial charge on any atom is 0.138 e. The van der Waals surface area contributed by atoms with Gasteiger partial charge in [0.25, 0.3) is 0 Å². The van der Waals surface area contributed by atoms with Crippen LogP contribution in [0.2, 0.25) is 0 Å². The summed E-state index contributed by atoms with van der Waals surface area (Å²) in [6, 6.07) is 5.93. The first-order valence-corrected chi connectivity index (χ1v) is 5.08. The Labute approximate surface area is 86.9 Å². The Morgan fingerprint density at radius 2 is 2.08 bits per heavy atom. The molecule has 0 unspecified atom stereocenters. The molecule has 0 N–H and O–H groups in total. The Bertz CT molecular complexity index is 434. The fourth-order valence-corrected chi connectivity index (χ4v) is 2.34. The molecule has 0 atom stereocenters. The highest BCUT2D eigenvalue weighted by Gasteiger charge is 2.06. The molecule has 62 valence electrons. The van der Waals surface area contributed by atoms with Crippen molar-refractivity contribution in [1.82, 2.24) is 9.38 Å². The summed E-state index contributed by atoms with van der Waals surface area (Å²) in [5.74, 6) is 0. The van der Waals surface area contributed by atoms with Crippen LogP contribution in [0, 0.1) is 6.92 Å². The highest BCUT2D eigenvalue weighted by molar-refractivity contribution is 9.11. The van der Waals surface area contributed by atoms with Crippen molar-refractivity contribution in [3.05, 3.63) is 33.1 Å². The van der Waals surface area contributed by atoms with E-state index in [4.69, 9.17) is 0 Å². The molecule has 0 bridgehead atoms. The minimum atomic E-state index is 0.953. The lowest BCUT2D eigenvalue weighted by molar-refractivity contribution is 1.11. The van der Waals surface area contributed by atoms with Crippen LogP contribution >= 0.6 is 31.9 Å². The molecule has 4 heteroatoms. The molecule has 12 heavy (non-hydrogen) atoms. The smallest absolute Gasteiger partial charge is 0.138 e. The number of aromatic nitrogens is 2. The third kappa shape index (κ3) is 1.10.